The van der Waals surface area contributed by atoms with Gasteiger partial charge in [-0.15, -0.1) is 0 Å². The molecule has 0 N–H and O–H groups in total. The lowest BCUT2D eigenvalue weighted by atomic mass is 10.2. The molecule has 124 valence electrons. The van der Waals surface area contributed by atoms with Crippen LogP contribution in [-0.2, 0) is 10.0 Å². The first kappa shape index (κ1) is 17.1. The molecular weight excluding hydrogens is 321 g/mol. The summed E-state index contributed by atoms with van der Waals surface area (Å²) in [5, 5.41) is 0. The van der Waals surface area contributed by atoms with Crippen LogP contribution in [0.1, 0.15) is 5.56 Å². The van der Waals surface area contributed by atoms with Crippen molar-refractivity contribution in [2.45, 2.75) is 11.8 Å². The SMILES string of the molecule is COc1ccc(N(C)S(=O)(=O)c2ccc(F)c(C)c2)cc1OC. The van der Waals surface area contributed by atoms with Crippen LogP contribution in [0.4, 0.5) is 10.1 Å². The van der Waals surface area contributed by atoms with E-state index in [9.17, 15) is 12.8 Å². The van der Waals surface area contributed by atoms with Crippen LogP contribution in [0.25, 0.3) is 0 Å². The minimum absolute atomic E-state index is 0.0219. The summed E-state index contributed by atoms with van der Waals surface area (Å²) in [5.74, 6) is 0.472. The maximum atomic E-state index is 13.4. The molecule has 2 aromatic carbocycles. The van der Waals surface area contributed by atoms with Gasteiger partial charge in [0.1, 0.15) is 5.82 Å². The third-order valence-corrected chi connectivity index (χ3v) is 5.30. The smallest absolute Gasteiger partial charge is 0.264 e. The molecule has 0 amide bonds. The molecule has 0 aliphatic rings. The average Bonchev–Trinajstić information content (AvgIpc) is 2.55. The second kappa shape index (κ2) is 6.45. The summed E-state index contributed by atoms with van der Waals surface area (Å²) >= 11 is 0. The number of aryl methyl sites for hydroxylation is 1. The highest BCUT2D eigenvalue weighted by Crippen LogP contribution is 2.33. The van der Waals surface area contributed by atoms with Crippen LogP contribution >= 0.6 is 0 Å². The molecule has 0 bridgehead atoms. The first-order valence-electron chi connectivity index (χ1n) is 6.78. The van der Waals surface area contributed by atoms with E-state index in [0.717, 1.165) is 10.4 Å². The molecule has 2 aromatic rings. The Kier molecular flexibility index (Phi) is 4.79. The van der Waals surface area contributed by atoms with Crippen molar-refractivity contribution < 1.29 is 22.3 Å². The summed E-state index contributed by atoms with van der Waals surface area (Å²) in [4.78, 5) is 0.0219. The van der Waals surface area contributed by atoms with Gasteiger partial charge >= 0.3 is 0 Å². The Bertz CT molecular complexity index is 821. The van der Waals surface area contributed by atoms with E-state index in [1.54, 1.807) is 18.2 Å². The average molecular weight is 339 g/mol. The van der Waals surface area contributed by atoms with Gasteiger partial charge in [-0.3, -0.25) is 4.31 Å². The molecule has 0 saturated carbocycles. The highest BCUT2D eigenvalue weighted by Gasteiger charge is 2.23. The van der Waals surface area contributed by atoms with Gasteiger partial charge in [0.25, 0.3) is 10.0 Å². The van der Waals surface area contributed by atoms with Gasteiger partial charge < -0.3 is 9.47 Å². The second-order valence-corrected chi connectivity index (χ2v) is 6.89. The first-order valence-corrected chi connectivity index (χ1v) is 8.22. The van der Waals surface area contributed by atoms with Crippen molar-refractivity contribution in [2.75, 3.05) is 25.6 Å². The molecule has 0 saturated heterocycles. The fourth-order valence-corrected chi connectivity index (χ4v) is 3.37. The Hall–Kier alpha value is -2.28. The van der Waals surface area contributed by atoms with Crippen molar-refractivity contribution >= 4 is 15.7 Å². The van der Waals surface area contributed by atoms with Crippen LogP contribution in [-0.4, -0.2) is 29.7 Å². The van der Waals surface area contributed by atoms with Crippen molar-refractivity contribution in [2.24, 2.45) is 0 Å². The van der Waals surface area contributed by atoms with E-state index >= 15 is 0 Å². The second-order valence-electron chi connectivity index (χ2n) is 4.92. The zero-order chi connectivity index (χ0) is 17.2. The summed E-state index contributed by atoms with van der Waals surface area (Å²) in [7, 11) is 0.591. The highest BCUT2D eigenvalue weighted by molar-refractivity contribution is 7.92. The Morgan fingerprint density at radius 2 is 1.65 bits per heavy atom. The van der Waals surface area contributed by atoms with Gasteiger partial charge in [-0.05, 0) is 42.8 Å². The number of hydrogen-bond acceptors (Lipinski definition) is 4. The van der Waals surface area contributed by atoms with E-state index in [4.69, 9.17) is 9.47 Å². The van der Waals surface area contributed by atoms with Gasteiger partial charge in [-0.25, -0.2) is 12.8 Å². The van der Waals surface area contributed by atoms with Gasteiger partial charge in [0, 0.05) is 13.1 Å². The number of hydrogen-bond donors (Lipinski definition) is 0. The molecule has 0 fully saturated rings. The normalized spacial score (nSPS) is 11.2. The molecule has 5 nitrogen and oxygen atoms in total. The van der Waals surface area contributed by atoms with E-state index in [1.165, 1.54) is 40.3 Å². The molecule has 0 atom stereocenters. The largest absolute Gasteiger partial charge is 0.493 e. The lowest BCUT2D eigenvalue weighted by Gasteiger charge is -2.21. The molecule has 0 aromatic heterocycles. The molecule has 23 heavy (non-hydrogen) atoms. The maximum Gasteiger partial charge on any atom is 0.264 e. The van der Waals surface area contributed by atoms with E-state index < -0.39 is 15.8 Å². The zero-order valence-corrected chi connectivity index (χ0v) is 14.1. The topological polar surface area (TPSA) is 55.8 Å². The number of anilines is 1. The minimum Gasteiger partial charge on any atom is -0.493 e. The molecule has 0 unspecified atom stereocenters. The lowest BCUT2D eigenvalue weighted by molar-refractivity contribution is 0.355. The van der Waals surface area contributed by atoms with Crippen LogP contribution < -0.4 is 13.8 Å². The van der Waals surface area contributed by atoms with E-state index in [0.29, 0.717) is 17.2 Å². The van der Waals surface area contributed by atoms with Crippen molar-refractivity contribution in [3.8, 4) is 11.5 Å². The predicted molar refractivity (Wildman–Crippen MR) is 86.3 cm³/mol. The van der Waals surface area contributed by atoms with E-state index in [2.05, 4.69) is 0 Å². The summed E-state index contributed by atoms with van der Waals surface area (Å²) in [5.41, 5.74) is 0.677. The van der Waals surface area contributed by atoms with Crippen LogP contribution in [0.3, 0.4) is 0 Å². The zero-order valence-electron chi connectivity index (χ0n) is 13.3. The van der Waals surface area contributed by atoms with E-state index in [1.807, 2.05) is 0 Å². The Morgan fingerprint density at radius 1 is 1.00 bits per heavy atom. The molecule has 0 aliphatic carbocycles. The Labute approximate surface area is 135 Å². The summed E-state index contributed by atoms with van der Waals surface area (Å²) in [6, 6.07) is 8.49. The third kappa shape index (κ3) is 3.24. The fourth-order valence-electron chi connectivity index (χ4n) is 2.10. The number of nitrogens with zero attached hydrogens (tertiary/aromatic N) is 1. The standard InChI is InChI=1S/C16H18FNO4S/c1-11-9-13(6-7-14(11)17)23(19,20)18(2)12-5-8-15(21-3)16(10-12)22-4/h5-10H,1-4H3. The van der Waals surface area contributed by atoms with Gasteiger partial charge in [0.15, 0.2) is 11.5 Å². The van der Waals surface area contributed by atoms with Crippen molar-refractivity contribution in [3.05, 3.63) is 47.8 Å². The molecule has 0 spiro atoms. The van der Waals surface area contributed by atoms with Crippen LogP contribution in [0, 0.1) is 12.7 Å². The Morgan fingerprint density at radius 3 is 2.22 bits per heavy atom. The maximum absolute atomic E-state index is 13.4. The fraction of sp³-hybridized carbons (Fsp3) is 0.250. The first-order chi connectivity index (χ1) is 10.8. The number of rotatable bonds is 5. The summed E-state index contributed by atoms with van der Waals surface area (Å²) in [6.07, 6.45) is 0. The van der Waals surface area contributed by atoms with E-state index in [-0.39, 0.29) is 10.5 Å². The monoisotopic (exact) mass is 339 g/mol. The number of sulfonamides is 1. The lowest BCUT2D eigenvalue weighted by Crippen LogP contribution is -2.26. The molecule has 0 heterocycles. The molecule has 2 rings (SSSR count). The summed E-state index contributed by atoms with van der Waals surface area (Å²) < 4.78 is 50.1. The Balaban J connectivity index is 2.45. The predicted octanol–water partition coefficient (Wildman–Crippen LogP) is 2.98. The number of benzene rings is 2. The molecule has 0 aliphatic heterocycles. The molecule has 0 radical (unpaired) electrons. The number of methoxy groups -OCH3 is 2. The van der Waals surface area contributed by atoms with Gasteiger partial charge in [0.05, 0.1) is 24.8 Å². The number of ether oxygens (including phenoxy) is 2. The van der Waals surface area contributed by atoms with Gasteiger partial charge in [-0.2, -0.15) is 0 Å². The van der Waals surface area contributed by atoms with Crippen molar-refractivity contribution in [3.63, 3.8) is 0 Å². The minimum atomic E-state index is -3.81. The quantitative estimate of drug-likeness (QED) is 0.840. The van der Waals surface area contributed by atoms with Crippen molar-refractivity contribution in [1.82, 2.24) is 0 Å². The van der Waals surface area contributed by atoms with Gasteiger partial charge in [0.2, 0.25) is 0 Å². The van der Waals surface area contributed by atoms with Crippen LogP contribution in [0.2, 0.25) is 0 Å². The van der Waals surface area contributed by atoms with Gasteiger partial charge in [-0.1, -0.05) is 0 Å². The molecule has 7 heteroatoms. The molecular formula is C16H18FNO4S. The third-order valence-electron chi connectivity index (χ3n) is 3.52. The highest BCUT2D eigenvalue weighted by atomic mass is 32.2. The van der Waals surface area contributed by atoms with Crippen LogP contribution in [0.15, 0.2) is 41.3 Å². The van der Waals surface area contributed by atoms with Crippen molar-refractivity contribution in [1.29, 1.82) is 0 Å². The van der Waals surface area contributed by atoms with Crippen LogP contribution in [0.5, 0.6) is 11.5 Å². The summed E-state index contributed by atoms with van der Waals surface area (Å²) in [6.45, 7) is 1.52. The number of halogens is 1.